The maximum Gasteiger partial charge on any atom is 0.236 e. The van der Waals surface area contributed by atoms with Crippen molar-refractivity contribution in [3.05, 3.63) is 41.9 Å². The zero-order chi connectivity index (χ0) is 19.5. The Morgan fingerprint density at radius 3 is 2.46 bits per heavy atom. The highest BCUT2D eigenvalue weighted by Gasteiger charge is 2.31. The number of hydrogen-bond acceptors (Lipinski definition) is 5. The Morgan fingerprint density at radius 2 is 1.79 bits per heavy atom. The third kappa shape index (κ3) is 4.55. The topological polar surface area (TPSA) is 52.4 Å². The summed E-state index contributed by atoms with van der Waals surface area (Å²) >= 11 is 0. The van der Waals surface area contributed by atoms with Crippen LogP contribution in [0.25, 0.3) is 0 Å². The number of morpholine rings is 1. The standard InChI is InChI=1S/C22H32N4O2/c1-16-12-26(24-22(16)27-15-19-6-4-5-11-23-19)21-9-7-20(8-10-21)25-13-17(2)28-18(3)14-25/h4-6,11-12,17-18,20-21H,7-10,13-15H2,1-3H3/t17-,18+,20-,21-. The fraction of sp³-hybridized carbons (Fsp3) is 0.636. The monoisotopic (exact) mass is 384 g/mol. The molecule has 152 valence electrons. The fourth-order valence-electron chi connectivity index (χ4n) is 4.63. The Labute approximate surface area is 167 Å². The summed E-state index contributed by atoms with van der Waals surface area (Å²) in [7, 11) is 0. The van der Waals surface area contributed by atoms with Crippen LogP contribution in [0.4, 0.5) is 0 Å². The minimum absolute atomic E-state index is 0.342. The van der Waals surface area contributed by atoms with E-state index in [1.165, 1.54) is 25.7 Å². The van der Waals surface area contributed by atoms with Gasteiger partial charge < -0.3 is 9.47 Å². The summed E-state index contributed by atoms with van der Waals surface area (Å²) in [6.45, 7) is 9.02. The van der Waals surface area contributed by atoms with E-state index < -0.39 is 0 Å². The van der Waals surface area contributed by atoms with Crippen LogP contribution in [0, 0.1) is 6.92 Å². The molecule has 0 unspecified atom stereocenters. The quantitative estimate of drug-likeness (QED) is 0.786. The molecular weight excluding hydrogens is 352 g/mol. The molecule has 0 N–H and O–H groups in total. The number of pyridine rings is 1. The van der Waals surface area contributed by atoms with Gasteiger partial charge in [-0.2, -0.15) is 0 Å². The van der Waals surface area contributed by atoms with E-state index in [2.05, 4.69) is 41.5 Å². The first-order valence-corrected chi connectivity index (χ1v) is 10.6. The molecule has 2 aromatic rings. The van der Waals surface area contributed by atoms with Crippen molar-refractivity contribution in [2.45, 2.75) is 77.4 Å². The molecule has 1 aliphatic carbocycles. The first-order valence-electron chi connectivity index (χ1n) is 10.6. The first kappa shape index (κ1) is 19.4. The minimum atomic E-state index is 0.342. The van der Waals surface area contributed by atoms with E-state index in [4.69, 9.17) is 14.6 Å². The molecule has 1 saturated carbocycles. The van der Waals surface area contributed by atoms with E-state index in [9.17, 15) is 0 Å². The third-order valence-electron chi connectivity index (χ3n) is 5.96. The number of nitrogens with zero attached hydrogens (tertiary/aromatic N) is 4. The van der Waals surface area contributed by atoms with Gasteiger partial charge in [0.1, 0.15) is 6.61 Å². The summed E-state index contributed by atoms with van der Waals surface area (Å²) in [6, 6.07) is 7.02. The Balaban J connectivity index is 1.32. The smallest absolute Gasteiger partial charge is 0.236 e. The van der Waals surface area contributed by atoms with Crippen molar-refractivity contribution in [2.75, 3.05) is 13.1 Å². The lowest BCUT2D eigenvalue weighted by molar-refractivity contribution is -0.0852. The van der Waals surface area contributed by atoms with Gasteiger partial charge in [0.2, 0.25) is 5.88 Å². The SMILES string of the molecule is Cc1cn([C@H]2CC[C@H](N3C[C@@H](C)O[C@@H](C)C3)CC2)nc1OCc1ccccn1. The number of hydrogen-bond donors (Lipinski definition) is 0. The van der Waals surface area contributed by atoms with Crippen LogP contribution in [-0.4, -0.2) is 51.0 Å². The molecule has 0 radical (unpaired) electrons. The molecule has 2 aromatic heterocycles. The lowest BCUT2D eigenvalue weighted by Crippen LogP contribution is -2.51. The zero-order valence-corrected chi connectivity index (χ0v) is 17.3. The van der Waals surface area contributed by atoms with Crippen molar-refractivity contribution < 1.29 is 9.47 Å². The van der Waals surface area contributed by atoms with Crippen LogP contribution in [0.3, 0.4) is 0 Å². The molecule has 1 saturated heterocycles. The molecule has 2 atom stereocenters. The molecule has 6 heteroatoms. The lowest BCUT2D eigenvalue weighted by atomic mass is 9.89. The summed E-state index contributed by atoms with van der Waals surface area (Å²) in [4.78, 5) is 6.95. The minimum Gasteiger partial charge on any atom is -0.470 e. The molecule has 0 amide bonds. The highest BCUT2D eigenvalue weighted by Crippen LogP contribution is 2.33. The van der Waals surface area contributed by atoms with E-state index in [0.717, 1.165) is 30.2 Å². The summed E-state index contributed by atoms with van der Waals surface area (Å²) < 4.78 is 13.9. The largest absolute Gasteiger partial charge is 0.470 e. The third-order valence-corrected chi connectivity index (χ3v) is 5.96. The number of rotatable bonds is 5. The zero-order valence-electron chi connectivity index (χ0n) is 17.3. The highest BCUT2D eigenvalue weighted by atomic mass is 16.5. The molecule has 0 spiro atoms. The molecule has 4 rings (SSSR count). The summed E-state index contributed by atoms with van der Waals surface area (Å²) in [5, 5.41) is 4.74. The number of aryl methyl sites for hydroxylation is 1. The summed E-state index contributed by atoms with van der Waals surface area (Å²) in [5.74, 6) is 0.726. The van der Waals surface area contributed by atoms with Crippen LogP contribution in [-0.2, 0) is 11.3 Å². The van der Waals surface area contributed by atoms with Crippen molar-refractivity contribution in [2.24, 2.45) is 0 Å². The molecule has 3 heterocycles. The van der Waals surface area contributed by atoms with E-state index in [1.54, 1.807) is 6.20 Å². The number of aromatic nitrogens is 3. The summed E-state index contributed by atoms with van der Waals surface area (Å²) in [6.07, 6.45) is 9.41. The van der Waals surface area contributed by atoms with Crippen LogP contribution in [0.5, 0.6) is 5.88 Å². The second-order valence-electron chi connectivity index (χ2n) is 8.38. The van der Waals surface area contributed by atoms with E-state index in [-0.39, 0.29) is 0 Å². The van der Waals surface area contributed by atoms with Crippen LogP contribution in [0.1, 0.15) is 56.8 Å². The molecular formula is C22H32N4O2. The molecule has 2 aliphatic rings. The van der Waals surface area contributed by atoms with Gasteiger partial charge in [0, 0.05) is 37.1 Å². The predicted octanol–water partition coefficient (Wildman–Crippen LogP) is 3.76. The van der Waals surface area contributed by atoms with Crippen molar-refractivity contribution in [3.8, 4) is 5.88 Å². The van der Waals surface area contributed by atoms with Gasteiger partial charge in [0.15, 0.2) is 0 Å². The predicted molar refractivity (Wildman–Crippen MR) is 108 cm³/mol. The van der Waals surface area contributed by atoms with E-state index in [1.807, 2.05) is 18.2 Å². The van der Waals surface area contributed by atoms with Gasteiger partial charge in [0.25, 0.3) is 0 Å². The Hall–Kier alpha value is -1.92. The molecule has 1 aliphatic heterocycles. The van der Waals surface area contributed by atoms with Crippen molar-refractivity contribution >= 4 is 0 Å². The molecule has 0 bridgehead atoms. The Kier molecular flexibility index (Phi) is 5.97. The van der Waals surface area contributed by atoms with E-state index in [0.29, 0.717) is 30.9 Å². The summed E-state index contributed by atoms with van der Waals surface area (Å²) in [5.41, 5.74) is 2.01. The van der Waals surface area contributed by atoms with E-state index >= 15 is 0 Å². The van der Waals surface area contributed by atoms with Crippen molar-refractivity contribution in [3.63, 3.8) is 0 Å². The van der Waals surface area contributed by atoms with Crippen LogP contribution >= 0.6 is 0 Å². The molecule has 6 nitrogen and oxygen atoms in total. The lowest BCUT2D eigenvalue weighted by Gasteiger charge is -2.42. The van der Waals surface area contributed by atoms with Crippen molar-refractivity contribution in [1.82, 2.24) is 19.7 Å². The van der Waals surface area contributed by atoms with Gasteiger partial charge >= 0.3 is 0 Å². The second-order valence-corrected chi connectivity index (χ2v) is 8.38. The molecule has 28 heavy (non-hydrogen) atoms. The number of ether oxygens (including phenoxy) is 2. The average molecular weight is 385 g/mol. The van der Waals surface area contributed by atoms with Gasteiger partial charge in [-0.05, 0) is 58.6 Å². The molecule has 2 fully saturated rings. The normalized spacial score (nSPS) is 29.0. The van der Waals surface area contributed by atoms with Gasteiger partial charge in [-0.25, -0.2) is 0 Å². The average Bonchev–Trinajstić information content (AvgIpc) is 3.07. The van der Waals surface area contributed by atoms with Gasteiger partial charge in [-0.3, -0.25) is 14.6 Å². The highest BCUT2D eigenvalue weighted by molar-refractivity contribution is 5.22. The first-order chi connectivity index (χ1) is 13.6. The second kappa shape index (κ2) is 8.62. The maximum atomic E-state index is 5.92. The van der Waals surface area contributed by atoms with Crippen LogP contribution in [0.15, 0.2) is 30.6 Å². The fourth-order valence-corrected chi connectivity index (χ4v) is 4.63. The van der Waals surface area contributed by atoms with Crippen LogP contribution < -0.4 is 4.74 Å². The van der Waals surface area contributed by atoms with Crippen molar-refractivity contribution in [1.29, 1.82) is 0 Å². The maximum absolute atomic E-state index is 5.92. The Bertz CT molecular complexity index is 745. The van der Waals surface area contributed by atoms with Gasteiger partial charge in [-0.15, -0.1) is 5.10 Å². The molecule has 0 aromatic carbocycles. The Morgan fingerprint density at radius 1 is 1.07 bits per heavy atom. The van der Waals surface area contributed by atoms with Gasteiger partial charge in [0.05, 0.1) is 23.9 Å². The van der Waals surface area contributed by atoms with Crippen LogP contribution in [0.2, 0.25) is 0 Å². The van der Waals surface area contributed by atoms with Gasteiger partial charge in [-0.1, -0.05) is 6.07 Å².